The van der Waals surface area contributed by atoms with Crippen LogP contribution in [0.3, 0.4) is 0 Å². The second kappa shape index (κ2) is 5.07. The van der Waals surface area contributed by atoms with Gasteiger partial charge >= 0.3 is 5.97 Å². The predicted molar refractivity (Wildman–Crippen MR) is 81.5 cm³/mol. The van der Waals surface area contributed by atoms with Gasteiger partial charge < -0.3 is 4.74 Å². The normalized spacial score (nSPS) is 32.0. The molecular formula is C17H21NO4. The van der Waals surface area contributed by atoms with Gasteiger partial charge in [0, 0.05) is 12.1 Å². The molecule has 22 heavy (non-hydrogen) atoms. The smallest absolute Gasteiger partial charge is 0.338 e. The Bertz CT molecular complexity index is 608. The topological polar surface area (TPSA) is 69.4 Å². The first-order chi connectivity index (χ1) is 10.3. The van der Waals surface area contributed by atoms with E-state index in [1.54, 1.807) is 0 Å². The van der Waals surface area contributed by atoms with Gasteiger partial charge in [-0.05, 0) is 48.1 Å². The third kappa shape index (κ3) is 2.28. The quantitative estimate of drug-likeness (QED) is 0.483. The lowest BCUT2D eigenvalue weighted by atomic mass is 9.45. The second-order valence-electron chi connectivity index (χ2n) is 7.20. The lowest BCUT2D eigenvalue weighted by molar-refractivity contribution is -0.384. The molecule has 4 atom stereocenters. The lowest BCUT2D eigenvalue weighted by Gasteiger charge is -2.61. The Morgan fingerprint density at radius 2 is 1.91 bits per heavy atom. The number of carbonyl (C=O) groups is 1. The van der Waals surface area contributed by atoms with Gasteiger partial charge in [-0.1, -0.05) is 20.8 Å². The van der Waals surface area contributed by atoms with E-state index in [-0.39, 0.29) is 17.8 Å². The molecule has 0 heterocycles. The maximum Gasteiger partial charge on any atom is 0.338 e. The number of rotatable bonds is 3. The van der Waals surface area contributed by atoms with E-state index < -0.39 is 4.92 Å². The number of nitrogens with zero attached hydrogens (tertiary/aromatic N) is 1. The number of hydrogen-bond donors (Lipinski definition) is 0. The van der Waals surface area contributed by atoms with Crippen molar-refractivity contribution in [2.45, 2.75) is 39.7 Å². The predicted octanol–water partition coefficient (Wildman–Crippen LogP) is 3.82. The maximum atomic E-state index is 12.2. The van der Waals surface area contributed by atoms with E-state index in [9.17, 15) is 14.9 Å². The summed E-state index contributed by atoms with van der Waals surface area (Å²) in [4.78, 5) is 22.4. The summed E-state index contributed by atoms with van der Waals surface area (Å²) in [7, 11) is 0. The van der Waals surface area contributed by atoms with Gasteiger partial charge in [-0.2, -0.15) is 0 Å². The van der Waals surface area contributed by atoms with E-state index in [0.717, 1.165) is 6.42 Å². The first-order valence-electron chi connectivity index (χ1n) is 7.76. The molecular weight excluding hydrogens is 282 g/mol. The SMILES string of the molecule is C[C@H]1[C@@H](OC(=O)c2ccc([N+](=O)[O-])cc2)C[C@H]2C[C@@H]1C2(C)C. The zero-order valence-electron chi connectivity index (χ0n) is 13.1. The van der Waals surface area contributed by atoms with Crippen LogP contribution in [0.25, 0.3) is 0 Å². The molecule has 4 rings (SSSR count). The molecule has 0 radical (unpaired) electrons. The van der Waals surface area contributed by atoms with Crippen molar-refractivity contribution in [3.8, 4) is 0 Å². The number of nitro benzene ring substituents is 1. The van der Waals surface area contributed by atoms with Crippen LogP contribution < -0.4 is 0 Å². The van der Waals surface area contributed by atoms with E-state index in [1.807, 2.05) is 0 Å². The Hall–Kier alpha value is -1.91. The van der Waals surface area contributed by atoms with E-state index in [2.05, 4.69) is 20.8 Å². The molecule has 5 heteroatoms. The highest BCUT2D eigenvalue weighted by molar-refractivity contribution is 5.89. The maximum absolute atomic E-state index is 12.2. The van der Waals surface area contributed by atoms with Crippen LogP contribution in [0.1, 0.15) is 44.0 Å². The number of benzene rings is 1. The van der Waals surface area contributed by atoms with Crippen molar-refractivity contribution in [2.24, 2.45) is 23.2 Å². The molecule has 3 aliphatic carbocycles. The summed E-state index contributed by atoms with van der Waals surface area (Å²) in [6, 6.07) is 5.58. The van der Waals surface area contributed by atoms with Crippen LogP contribution in [-0.4, -0.2) is 17.0 Å². The van der Waals surface area contributed by atoms with Crippen molar-refractivity contribution >= 4 is 11.7 Å². The summed E-state index contributed by atoms with van der Waals surface area (Å²) in [5, 5.41) is 10.6. The fraction of sp³-hybridized carbons (Fsp3) is 0.588. The number of esters is 1. The number of ether oxygens (including phenoxy) is 1. The molecule has 1 aromatic carbocycles. The molecule has 2 bridgehead atoms. The molecule has 3 aliphatic rings. The van der Waals surface area contributed by atoms with Gasteiger partial charge in [0.15, 0.2) is 0 Å². The Morgan fingerprint density at radius 1 is 1.27 bits per heavy atom. The number of nitro groups is 1. The van der Waals surface area contributed by atoms with Crippen molar-refractivity contribution in [3.05, 3.63) is 39.9 Å². The van der Waals surface area contributed by atoms with Gasteiger partial charge in [-0.15, -0.1) is 0 Å². The van der Waals surface area contributed by atoms with Crippen LogP contribution >= 0.6 is 0 Å². The number of non-ortho nitro benzene ring substituents is 1. The third-order valence-electron chi connectivity index (χ3n) is 5.86. The summed E-state index contributed by atoms with van der Waals surface area (Å²) in [5.74, 6) is 1.22. The van der Waals surface area contributed by atoms with Crippen LogP contribution in [0.15, 0.2) is 24.3 Å². The molecule has 3 saturated carbocycles. The first kappa shape index (κ1) is 15.0. The highest BCUT2D eigenvalue weighted by atomic mass is 16.6. The average Bonchev–Trinajstić information content (AvgIpc) is 2.48. The van der Waals surface area contributed by atoms with Gasteiger partial charge in [0.25, 0.3) is 5.69 Å². The van der Waals surface area contributed by atoms with Gasteiger partial charge in [0.1, 0.15) is 6.10 Å². The molecule has 118 valence electrons. The Morgan fingerprint density at radius 3 is 2.41 bits per heavy atom. The average molecular weight is 303 g/mol. The fourth-order valence-corrected chi connectivity index (χ4v) is 4.18. The summed E-state index contributed by atoms with van der Waals surface area (Å²) < 4.78 is 5.68. The largest absolute Gasteiger partial charge is 0.458 e. The molecule has 0 saturated heterocycles. The van der Waals surface area contributed by atoms with Gasteiger partial charge in [0.2, 0.25) is 0 Å². The lowest BCUT2D eigenvalue weighted by Crippen LogP contribution is -2.57. The Kier molecular flexibility index (Phi) is 3.46. The van der Waals surface area contributed by atoms with E-state index in [0.29, 0.717) is 28.7 Å². The summed E-state index contributed by atoms with van der Waals surface area (Å²) in [6.07, 6.45) is 2.11. The van der Waals surface area contributed by atoms with Crippen LogP contribution in [-0.2, 0) is 4.74 Å². The first-order valence-corrected chi connectivity index (χ1v) is 7.76. The van der Waals surface area contributed by atoms with Crippen LogP contribution in [0.5, 0.6) is 0 Å². The molecule has 0 unspecified atom stereocenters. The number of carbonyl (C=O) groups excluding carboxylic acids is 1. The monoisotopic (exact) mass is 303 g/mol. The van der Waals surface area contributed by atoms with Crippen LogP contribution in [0.2, 0.25) is 0 Å². The minimum atomic E-state index is -0.478. The van der Waals surface area contributed by atoms with E-state index in [1.165, 1.54) is 30.7 Å². The Labute approximate surface area is 129 Å². The zero-order chi connectivity index (χ0) is 16.1. The highest BCUT2D eigenvalue weighted by Crippen LogP contribution is 2.61. The minimum absolute atomic E-state index is 0.0226. The van der Waals surface area contributed by atoms with E-state index >= 15 is 0 Å². The standard InChI is InChI=1S/C17H21NO4/c1-10-14-8-12(17(14,2)3)9-15(10)22-16(19)11-4-6-13(7-5-11)18(20)21/h4-7,10,12,14-15H,8-9H2,1-3H3/t10-,12-,14+,15+/m1/s1. The van der Waals surface area contributed by atoms with Gasteiger partial charge in [-0.25, -0.2) is 4.79 Å². The summed E-state index contributed by atoms with van der Waals surface area (Å²) >= 11 is 0. The molecule has 3 fully saturated rings. The minimum Gasteiger partial charge on any atom is -0.458 e. The number of fused-ring (bicyclic) bond motifs is 2. The Balaban J connectivity index is 1.66. The molecule has 0 amide bonds. The second-order valence-corrected chi connectivity index (χ2v) is 7.20. The zero-order valence-corrected chi connectivity index (χ0v) is 13.1. The number of hydrogen-bond acceptors (Lipinski definition) is 4. The van der Waals surface area contributed by atoms with Crippen molar-refractivity contribution in [3.63, 3.8) is 0 Å². The van der Waals surface area contributed by atoms with Crippen molar-refractivity contribution < 1.29 is 14.5 Å². The molecule has 0 aromatic heterocycles. The van der Waals surface area contributed by atoms with Crippen LogP contribution in [0, 0.1) is 33.3 Å². The fourth-order valence-electron chi connectivity index (χ4n) is 4.18. The van der Waals surface area contributed by atoms with Crippen molar-refractivity contribution in [1.82, 2.24) is 0 Å². The highest BCUT2D eigenvalue weighted by Gasteiger charge is 2.57. The van der Waals surface area contributed by atoms with Gasteiger partial charge in [-0.3, -0.25) is 10.1 Å². The third-order valence-corrected chi connectivity index (χ3v) is 5.86. The summed E-state index contributed by atoms with van der Waals surface area (Å²) in [6.45, 7) is 6.77. The van der Waals surface area contributed by atoms with Crippen molar-refractivity contribution in [1.29, 1.82) is 0 Å². The van der Waals surface area contributed by atoms with Gasteiger partial charge in [0.05, 0.1) is 10.5 Å². The molecule has 0 aliphatic heterocycles. The molecule has 1 aromatic rings. The van der Waals surface area contributed by atoms with Crippen LogP contribution in [0.4, 0.5) is 5.69 Å². The van der Waals surface area contributed by atoms with E-state index in [4.69, 9.17) is 4.74 Å². The molecule has 0 spiro atoms. The molecule has 5 nitrogen and oxygen atoms in total. The molecule has 0 N–H and O–H groups in total. The van der Waals surface area contributed by atoms with Crippen molar-refractivity contribution in [2.75, 3.05) is 0 Å². The summed E-state index contributed by atoms with van der Waals surface area (Å²) in [5.41, 5.74) is 0.706.